The van der Waals surface area contributed by atoms with Crippen LogP contribution in [0.15, 0.2) is 15.6 Å². The second kappa shape index (κ2) is 7.50. The first-order chi connectivity index (χ1) is 10.6. The minimum atomic E-state index is 0. The number of carbonyl (C=O) groups excluding carboxylic acids is 1. The number of halogens is 1. The van der Waals surface area contributed by atoms with Crippen molar-refractivity contribution in [3.05, 3.63) is 17.5 Å². The Morgan fingerprint density at radius 2 is 2.43 bits per heavy atom. The van der Waals surface area contributed by atoms with Crippen molar-refractivity contribution in [2.24, 2.45) is 10.4 Å². The van der Waals surface area contributed by atoms with E-state index in [1.807, 2.05) is 13.0 Å². The quantitative estimate of drug-likeness (QED) is 0.417. The van der Waals surface area contributed by atoms with Gasteiger partial charge in [-0.2, -0.15) is 0 Å². The Bertz CT molecular complexity index is 588. The summed E-state index contributed by atoms with van der Waals surface area (Å²) in [6, 6.07) is 1.91. The van der Waals surface area contributed by atoms with Gasteiger partial charge in [-0.05, 0) is 19.8 Å². The van der Waals surface area contributed by atoms with Crippen LogP contribution in [0.3, 0.4) is 0 Å². The molecule has 0 bridgehead atoms. The molecular formula is C15H24IN5O2. The number of likely N-dealkylation sites (tertiary alicyclic amines) is 1. The molecule has 3 rings (SSSR count). The average Bonchev–Trinajstić information content (AvgIpc) is 3.06. The standard InChI is InChI=1S/C15H23N5O2.HI/c1-11-6-12(22-19-11)8-17-14(16-2)20-5-3-4-15(10-20)7-13(21)18-9-15;/h6H,3-5,7-10H2,1-2H3,(H,16,17)(H,18,21);1H. The Morgan fingerprint density at radius 1 is 1.61 bits per heavy atom. The molecule has 2 fully saturated rings. The molecule has 1 atom stereocenters. The van der Waals surface area contributed by atoms with Crippen LogP contribution in [-0.2, 0) is 11.3 Å². The van der Waals surface area contributed by atoms with Gasteiger partial charge in [0, 0.05) is 44.6 Å². The third kappa shape index (κ3) is 4.15. The lowest BCUT2D eigenvalue weighted by Gasteiger charge is -2.40. The molecule has 3 heterocycles. The zero-order valence-corrected chi connectivity index (χ0v) is 15.9. The zero-order valence-electron chi connectivity index (χ0n) is 13.6. The average molecular weight is 433 g/mol. The van der Waals surface area contributed by atoms with Crippen LogP contribution in [0.5, 0.6) is 0 Å². The van der Waals surface area contributed by atoms with Gasteiger partial charge >= 0.3 is 0 Å². The van der Waals surface area contributed by atoms with Gasteiger partial charge in [-0.25, -0.2) is 0 Å². The predicted octanol–water partition coefficient (Wildman–Crippen LogP) is 1.28. The van der Waals surface area contributed by atoms with E-state index in [1.54, 1.807) is 7.05 Å². The van der Waals surface area contributed by atoms with E-state index in [-0.39, 0.29) is 35.3 Å². The molecule has 2 N–H and O–H groups in total. The smallest absolute Gasteiger partial charge is 0.220 e. The number of hydrogen-bond donors (Lipinski definition) is 2. The zero-order chi connectivity index (χ0) is 15.6. The fourth-order valence-corrected chi connectivity index (χ4v) is 3.43. The number of aliphatic imine (C=N–C) groups is 1. The molecule has 1 unspecified atom stereocenters. The Balaban J connectivity index is 0.00000192. The summed E-state index contributed by atoms with van der Waals surface area (Å²) in [7, 11) is 1.79. The number of amides is 1. The number of nitrogens with one attached hydrogen (secondary N) is 2. The van der Waals surface area contributed by atoms with Gasteiger partial charge in [-0.1, -0.05) is 5.16 Å². The normalized spacial score (nSPS) is 24.5. The van der Waals surface area contributed by atoms with Crippen LogP contribution in [0.1, 0.15) is 30.7 Å². The van der Waals surface area contributed by atoms with Crippen LogP contribution >= 0.6 is 24.0 Å². The molecule has 2 saturated heterocycles. The van der Waals surface area contributed by atoms with E-state index in [9.17, 15) is 4.79 Å². The monoisotopic (exact) mass is 433 g/mol. The minimum Gasteiger partial charge on any atom is -0.359 e. The summed E-state index contributed by atoms with van der Waals surface area (Å²) in [5.41, 5.74) is 0.940. The van der Waals surface area contributed by atoms with E-state index in [4.69, 9.17) is 4.52 Å². The van der Waals surface area contributed by atoms with Gasteiger partial charge < -0.3 is 20.1 Å². The van der Waals surface area contributed by atoms with Crippen molar-refractivity contribution < 1.29 is 9.32 Å². The van der Waals surface area contributed by atoms with E-state index in [2.05, 4.69) is 25.7 Å². The number of guanidine groups is 1. The molecule has 1 amide bonds. The number of carbonyl (C=O) groups is 1. The van der Waals surface area contributed by atoms with Gasteiger partial charge in [0.25, 0.3) is 0 Å². The maximum absolute atomic E-state index is 11.6. The number of aryl methyl sites for hydroxylation is 1. The number of aromatic nitrogens is 1. The van der Waals surface area contributed by atoms with Crippen LogP contribution in [0.2, 0.25) is 0 Å². The highest BCUT2D eigenvalue weighted by Crippen LogP contribution is 2.35. The molecule has 2 aliphatic rings. The van der Waals surface area contributed by atoms with E-state index < -0.39 is 0 Å². The number of nitrogens with zero attached hydrogens (tertiary/aromatic N) is 3. The van der Waals surface area contributed by atoms with E-state index in [0.29, 0.717) is 13.0 Å². The molecule has 7 nitrogen and oxygen atoms in total. The molecule has 1 aromatic rings. The fourth-order valence-electron chi connectivity index (χ4n) is 3.43. The molecule has 1 aromatic heterocycles. The Hall–Kier alpha value is -1.32. The first-order valence-electron chi connectivity index (χ1n) is 7.75. The lowest BCUT2D eigenvalue weighted by molar-refractivity contribution is -0.119. The van der Waals surface area contributed by atoms with Crippen LogP contribution < -0.4 is 10.6 Å². The lowest BCUT2D eigenvalue weighted by Crippen LogP contribution is -2.51. The van der Waals surface area contributed by atoms with Crippen LogP contribution in [0.25, 0.3) is 0 Å². The third-order valence-electron chi connectivity index (χ3n) is 4.47. The molecule has 0 aromatic carbocycles. The van der Waals surface area contributed by atoms with Gasteiger partial charge in [-0.15, -0.1) is 24.0 Å². The highest BCUT2D eigenvalue weighted by molar-refractivity contribution is 14.0. The summed E-state index contributed by atoms with van der Waals surface area (Å²) in [6.07, 6.45) is 2.80. The first-order valence-corrected chi connectivity index (χ1v) is 7.75. The van der Waals surface area contributed by atoms with Crippen molar-refractivity contribution in [3.8, 4) is 0 Å². The summed E-state index contributed by atoms with van der Waals surface area (Å²) in [5.74, 6) is 1.82. The molecule has 0 saturated carbocycles. The van der Waals surface area contributed by atoms with E-state index in [1.165, 1.54) is 0 Å². The molecule has 8 heteroatoms. The molecule has 0 aliphatic carbocycles. The summed E-state index contributed by atoms with van der Waals surface area (Å²) in [5, 5.41) is 10.2. The molecule has 2 aliphatic heterocycles. The van der Waals surface area contributed by atoms with Crippen molar-refractivity contribution in [1.29, 1.82) is 0 Å². The molecule has 23 heavy (non-hydrogen) atoms. The van der Waals surface area contributed by atoms with Crippen molar-refractivity contribution >= 4 is 35.8 Å². The Morgan fingerprint density at radius 3 is 3.04 bits per heavy atom. The van der Waals surface area contributed by atoms with Crippen molar-refractivity contribution in [1.82, 2.24) is 20.7 Å². The van der Waals surface area contributed by atoms with Crippen molar-refractivity contribution in [2.45, 2.75) is 32.7 Å². The maximum Gasteiger partial charge on any atom is 0.220 e. The molecule has 0 radical (unpaired) electrons. The topological polar surface area (TPSA) is 82.8 Å². The minimum absolute atomic E-state index is 0. The van der Waals surface area contributed by atoms with E-state index >= 15 is 0 Å². The van der Waals surface area contributed by atoms with Crippen LogP contribution in [-0.4, -0.2) is 48.6 Å². The Kier molecular flexibility index (Phi) is 5.88. The van der Waals surface area contributed by atoms with Gasteiger partial charge in [0.2, 0.25) is 5.91 Å². The summed E-state index contributed by atoms with van der Waals surface area (Å²) in [6.45, 7) is 5.07. The number of piperidine rings is 1. The van der Waals surface area contributed by atoms with Crippen molar-refractivity contribution in [2.75, 3.05) is 26.7 Å². The van der Waals surface area contributed by atoms with Gasteiger partial charge in [0.05, 0.1) is 12.2 Å². The Labute approximate surface area is 153 Å². The highest BCUT2D eigenvalue weighted by atomic mass is 127. The molecule has 128 valence electrons. The first kappa shape index (κ1) is 18.0. The predicted molar refractivity (Wildman–Crippen MR) is 97.7 cm³/mol. The summed E-state index contributed by atoms with van der Waals surface area (Å²) >= 11 is 0. The van der Waals surface area contributed by atoms with Crippen LogP contribution in [0, 0.1) is 12.3 Å². The second-order valence-electron chi connectivity index (χ2n) is 6.31. The number of hydrogen-bond acceptors (Lipinski definition) is 4. The van der Waals surface area contributed by atoms with Crippen molar-refractivity contribution in [3.63, 3.8) is 0 Å². The van der Waals surface area contributed by atoms with Gasteiger partial charge in [-0.3, -0.25) is 9.79 Å². The van der Waals surface area contributed by atoms with E-state index in [0.717, 1.165) is 49.9 Å². The lowest BCUT2D eigenvalue weighted by atomic mass is 9.79. The summed E-state index contributed by atoms with van der Waals surface area (Å²) in [4.78, 5) is 18.2. The maximum atomic E-state index is 11.6. The highest BCUT2D eigenvalue weighted by Gasteiger charge is 2.42. The molecule has 1 spiro atoms. The molecular weight excluding hydrogens is 409 g/mol. The van der Waals surface area contributed by atoms with Gasteiger partial charge in [0.1, 0.15) is 0 Å². The van der Waals surface area contributed by atoms with Gasteiger partial charge in [0.15, 0.2) is 11.7 Å². The third-order valence-corrected chi connectivity index (χ3v) is 4.47. The SMILES string of the molecule is CN=C(NCc1cc(C)no1)N1CCCC2(CNC(=O)C2)C1.I. The van der Waals surface area contributed by atoms with Crippen LogP contribution in [0.4, 0.5) is 0 Å². The fraction of sp³-hybridized carbons (Fsp3) is 0.667. The summed E-state index contributed by atoms with van der Waals surface area (Å²) < 4.78 is 5.21. The second-order valence-corrected chi connectivity index (χ2v) is 6.31. The number of rotatable bonds is 2. The largest absolute Gasteiger partial charge is 0.359 e.